The maximum absolute atomic E-state index is 5.49. The van der Waals surface area contributed by atoms with Gasteiger partial charge in [0.05, 0.1) is 6.61 Å². The molecule has 1 unspecified atom stereocenters. The highest BCUT2D eigenvalue weighted by Gasteiger charge is 2.13. The van der Waals surface area contributed by atoms with Gasteiger partial charge in [-0.1, -0.05) is 30.3 Å². The van der Waals surface area contributed by atoms with Crippen LogP contribution in [0.3, 0.4) is 0 Å². The summed E-state index contributed by atoms with van der Waals surface area (Å²) in [6, 6.07) is 15.5. The van der Waals surface area contributed by atoms with E-state index in [0.29, 0.717) is 6.04 Å². The van der Waals surface area contributed by atoms with Crippen molar-refractivity contribution in [3.63, 3.8) is 0 Å². The van der Waals surface area contributed by atoms with Crippen molar-refractivity contribution in [2.75, 3.05) is 13.2 Å². The van der Waals surface area contributed by atoms with Crippen molar-refractivity contribution in [2.45, 2.75) is 25.4 Å². The molecular weight excluding hydrogens is 254 g/mol. The maximum Gasteiger partial charge on any atom is 0.0619 e. The fourth-order valence-electron chi connectivity index (χ4n) is 2.38. The quantitative estimate of drug-likeness (QED) is 0.917. The molecule has 100 valence electrons. The van der Waals surface area contributed by atoms with Gasteiger partial charge in [0.15, 0.2) is 0 Å². The zero-order chi connectivity index (χ0) is 12.9. The van der Waals surface area contributed by atoms with Crippen LogP contribution in [0.15, 0.2) is 42.5 Å². The fraction of sp³-hybridized carbons (Fsp3) is 0.375. The van der Waals surface area contributed by atoms with Gasteiger partial charge < -0.3 is 10.1 Å². The van der Waals surface area contributed by atoms with Crippen molar-refractivity contribution in [1.29, 1.82) is 0 Å². The predicted molar refractivity (Wildman–Crippen MR) is 80.4 cm³/mol. The van der Waals surface area contributed by atoms with Crippen molar-refractivity contribution in [2.24, 2.45) is 0 Å². The van der Waals surface area contributed by atoms with Crippen molar-refractivity contribution in [3.8, 4) is 10.4 Å². The number of ether oxygens (including phenoxy) is 1. The number of hydrogen-bond acceptors (Lipinski definition) is 3. The van der Waals surface area contributed by atoms with Gasteiger partial charge in [-0.3, -0.25) is 0 Å². The normalized spacial score (nSPS) is 19.5. The first kappa shape index (κ1) is 12.9. The molecule has 1 atom stereocenters. The predicted octanol–water partition coefficient (Wildman–Crippen LogP) is 3.68. The van der Waals surface area contributed by atoms with E-state index in [0.717, 1.165) is 19.8 Å². The molecule has 0 bridgehead atoms. The van der Waals surface area contributed by atoms with Crippen LogP contribution in [-0.2, 0) is 11.3 Å². The van der Waals surface area contributed by atoms with Gasteiger partial charge in [-0.05, 0) is 30.5 Å². The minimum Gasteiger partial charge on any atom is -0.380 e. The van der Waals surface area contributed by atoms with Gasteiger partial charge in [-0.2, -0.15) is 0 Å². The van der Waals surface area contributed by atoms with E-state index in [1.54, 1.807) is 0 Å². The van der Waals surface area contributed by atoms with Crippen LogP contribution in [-0.4, -0.2) is 19.3 Å². The Hall–Kier alpha value is -1.16. The molecule has 1 aromatic heterocycles. The Morgan fingerprint density at radius 3 is 2.84 bits per heavy atom. The SMILES string of the molecule is c1ccc(-c2ccc(CNC3CCCOC3)s2)cc1. The van der Waals surface area contributed by atoms with Crippen molar-refractivity contribution >= 4 is 11.3 Å². The number of hydrogen-bond donors (Lipinski definition) is 1. The van der Waals surface area contributed by atoms with Crippen LogP contribution in [0.5, 0.6) is 0 Å². The summed E-state index contributed by atoms with van der Waals surface area (Å²) in [5.74, 6) is 0. The van der Waals surface area contributed by atoms with Crippen molar-refractivity contribution in [1.82, 2.24) is 5.32 Å². The van der Waals surface area contributed by atoms with Crippen molar-refractivity contribution < 1.29 is 4.74 Å². The van der Waals surface area contributed by atoms with E-state index >= 15 is 0 Å². The Balaban J connectivity index is 1.59. The molecule has 1 aliphatic heterocycles. The summed E-state index contributed by atoms with van der Waals surface area (Å²) >= 11 is 1.87. The smallest absolute Gasteiger partial charge is 0.0619 e. The van der Waals surface area contributed by atoms with Crippen LogP contribution in [0.25, 0.3) is 10.4 Å². The number of nitrogens with one attached hydrogen (secondary N) is 1. The fourth-order valence-corrected chi connectivity index (χ4v) is 3.34. The van der Waals surface area contributed by atoms with E-state index in [1.165, 1.54) is 28.2 Å². The third-order valence-corrected chi connectivity index (χ3v) is 4.58. The Labute approximate surface area is 118 Å². The lowest BCUT2D eigenvalue weighted by Crippen LogP contribution is -2.36. The number of benzene rings is 1. The first-order valence-corrected chi connectivity index (χ1v) is 7.69. The highest BCUT2D eigenvalue weighted by molar-refractivity contribution is 7.15. The third-order valence-electron chi connectivity index (χ3n) is 3.45. The lowest BCUT2D eigenvalue weighted by Gasteiger charge is -2.22. The highest BCUT2D eigenvalue weighted by Crippen LogP contribution is 2.27. The van der Waals surface area contributed by atoms with E-state index < -0.39 is 0 Å². The Morgan fingerprint density at radius 2 is 2.05 bits per heavy atom. The standard InChI is InChI=1S/C16H19NOS/c1-2-5-13(6-3-1)16-9-8-15(19-16)11-17-14-7-4-10-18-12-14/h1-3,5-6,8-9,14,17H,4,7,10-12H2. The largest absolute Gasteiger partial charge is 0.380 e. The maximum atomic E-state index is 5.49. The van der Waals surface area contributed by atoms with Gasteiger partial charge in [-0.15, -0.1) is 11.3 Å². The molecule has 0 saturated carbocycles. The summed E-state index contributed by atoms with van der Waals surface area (Å²) < 4.78 is 5.49. The van der Waals surface area contributed by atoms with Gasteiger partial charge in [0.2, 0.25) is 0 Å². The minimum absolute atomic E-state index is 0.524. The summed E-state index contributed by atoms with van der Waals surface area (Å²) in [6.07, 6.45) is 2.41. The molecule has 0 aliphatic carbocycles. The minimum atomic E-state index is 0.524. The number of thiophene rings is 1. The van der Waals surface area contributed by atoms with E-state index in [2.05, 4.69) is 47.8 Å². The molecule has 2 heterocycles. The van der Waals surface area contributed by atoms with E-state index in [-0.39, 0.29) is 0 Å². The Bertz CT molecular complexity index is 502. The monoisotopic (exact) mass is 273 g/mol. The first-order chi connectivity index (χ1) is 9.42. The van der Waals surface area contributed by atoms with Crippen LogP contribution in [0.4, 0.5) is 0 Å². The van der Waals surface area contributed by atoms with Crippen LogP contribution in [0.2, 0.25) is 0 Å². The second-order valence-corrected chi connectivity index (χ2v) is 6.10. The van der Waals surface area contributed by atoms with Gasteiger partial charge in [0.25, 0.3) is 0 Å². The molecule has 1 aliphatic rings. The summed E-state index contributed by atoms with van der Waals surface area (Å²) in [5.41, 5.74) is 1.31. The lowest BCUT2D eigenvalue weighted by atomic mass is 10.1. The zero-order valence-electron chi connectivity index (χ0n) is 11.0. The molecule has 1 fully saturated rings. The molecule has 0 amide bonds. The summed E-state index contributed by atoms with van der Waals surface area (Å²) in [5, 5.41) is 3.59. The van der Waals surface area contributed by atoms with Crippen molar-refractivity contribution in [3.05, 3.63) is 47.3 Å². The second kappa shape index (κ2) is 6.33. The molecule has 1 saturated heterocycles. The van der Waals surface area contributed by atoms with Crippen LogP contribution >= 0.6 is 11.3 Å². The molecule has 2 aromatic rings. The van der Waals surface area contributed by atoms with Gasteiger partial charge in [-0.25, -0.2) is 0 Å². The topological polar surface area (TPSA) is 21.3 Å². The summed E-state index contributed by atoms with van der Waals surface area (Å²) in [7, 11) is 0. The van der Waals surface area contributed by atoms with Gasteiger partial charge in [0.1, 0.15) is 0 Å². The van der Waals surface area contributed by atoms with E-state index in [4.69, 9.17) is 4.74 Å². The Morgan fingerprint density at radius 1 is 1.16 bits per heavy atom. The van der Waals surface area contributed by atoms with Crippen LogP contribution in [0.1, 0.15) is 17.7 Å². The van der Waals surface area contributed by atoms with Crippen LogP contribution in [0, 0.1) is 0 Å². The van der Waals surface area contributed by atoms with E-state index in [9.17, 15) is 0 Å². The highest BCUT2D eigenvalue weighted by atomic mass is 32.1. The molecule has 1 N–H and O–H groups in total. The summed E-state index contributed by atoms with van der Waals surface area (Å²) in [6.45, 7) is 2.73. The molecule has 3 heteroatoms. The zero-order valence-corrected chi connectivity index (χ0v) is 11.8. The Kier molecular flexibility index (Phi) is 4.28. The molecule has 3 rings (SSSR count). The lowest BCUT2D eigenvalue weighted by molar-refractivity contribution is 0.0700. The second-order valence-electron chi connectivity index (χ2n) is 4.93. The number of rotatable bonds is 4. The van der Waals surface area contributed by atoms with Gasteiger partial charge in [0, 0.05) is 28.9 Å². The molecular formula is C16H19NOS. The van der Waals surface area contributed by atoms with Gasteiger partial charge >= 0.3 is 0 Å². The molecule has 1 aromatic carbocycles. The molecule has 19 heavy (non-hydrogen) atoms. The summed E-state index contributed by atoms with van der Waals surface area (Å²) in [4.78, 5) is 2.74. The van der Waals surface area contributed by atoms with Crippen LogP contribution < -0.4 is 5.32 Å². The average molecular weight is 273 g/mol. The molecule has 0 spiro atoms. The van der Waals surface area contributed by atoms with E-state index in [1.807, 2.05) is 11.3 Å². The first-order valence-electron chi connectivity index (χ1n) is 6.87. The molecule has 0 radical (unpaired) electrons. The molecule has 2 nitrogen and oxygen atoms in total. The average Bonchev–Trinajstić information content (AvgIpc) is 2.96. The third kappa shape index (κ3) is 3.44.